The van der Waals surface area contributed by atoms with Crippen LogP contribution in [0.3, 0.4) is 0 Å². The number of hydrogen-bond acceptors (Lipinski definition) is 2. The maximum Gasteiger partial charge on any atom is 0.0521 e. The SMILES string of the molecule is CCCCC1CCC(C(CCc2cnn(C)c2)NC)CC1. The van der Waals surface area contributed by atoms with Crippen molar-refractivity contribution < 1.29 is 0 Å². The van der Waals surface area contributed by atoms with Gasteiger partial charge in [-0.3, -0.25) is 4.68 Å². The highest BCUT2D eigenvalue weighted by Crippen LogP contribution is 2.34. The topological polar surface area (TPSA) is 29.9 Å². The number of aromatic nitrogens is 2. The fourth-order valence-electron chi connectivity index (χ4n) is 3.91. The molecule has 2 rings (SSSR count). The Hall–Kier alpha value is -0.830. The van der Waals surface area contributed by atoms with Crippen LogP contribution in [0.25, 0.3) is 0 Å². The number of aryl methyl sites for hydroxylation is 2. The van der Waals surface area contributed by atoms with Crippen molar-refractivity contribution in [1.82, 2.24) is 15.1 Å². The lowest BCUT2D eigenvalue weighted by molar-refractivity contribution is 0.211. The molecule has 0 amide bonds. The Morgan fingerprint density at radius 1 is 1.33 bits per heavy atom. The van der Waals surface area contributed by atoms with Crippen LogP contribution in [0.15, 0.2) is 12.4 Å². The fourth-order valence-corrected chi connectivity index (χ4v) is 3.91. The van der Waals surface area contributed by atoms with Crippen LogP contribution < -0.4 is 5.32 Å². The summed E-state index contributed by atoms with van der Waals surface area (Å²) in [6, 6.07) is 0.678. The van der Waals surface area contributed by atoms with E-state index >= 15 is 0 Å². The summed E-state index contributed by atoms with van der Waals surface area (Å²) in [6.07, 6.45) is 16.5. The van der Waals surface area contributed by atoms with Crippen LogP contribution in [0, 0.1) is 11.8 Å². The van der Waals surface area contributed by atoms with Gasteiger partial charge in [0.05, 0.1) is 6.20 Å². The first-order valence-electron chi connectivity index (χ1n) is 8.87. The minimum atomic E-state index is 0.678. The van der Waals surface area contributed by atoms with Gasteiger partial charge in [-0.25, -0.2) is 0 Å². The van der Waals surface area contributed by atoms with Crippen LogP contribution in [0.1, 0.15) is 63.9 Å². The van der Waals surface area contributed by atoms with E-state index in [0.717, 1.165) is 18.3 Å². The first kappa shape index (κ1) is 16.5. The minimum absolute atomic E-state index is 0.678. The first-order chi connectivity index (χ1) is 10.2. The van der Waals surface area contributed by atoms with Crippen molar-refractivity contribution in [3.05, 3.63) is 18.0 Å². The molecule has 1 unspecified atom stereocenters. The summed E-state index contributed by atoms with van der Waals surface area (Å²) in [4.78, 5) is 0. The zero-order valence-corrected chi connectivity index (χ0v) is 14.1. The second-order valence-electron chi connectivity index (χ2n) is 6.88. The van der Waals surface area contributed by atoms with Gasteiger partial charge in [-0.2, -0.15) is 5.10 Å². The van der Waals surface area contributed by atoms with E-state index in [-0.39, 0.29) is 0 Å². The summed E-state index contributed by atoms with van der Waals surface area (Å²) in [6.45, 7) is 2.31. The molecule has 3 heteroatoms. The molecule has 1 N–H and O–H groups in total. The second-order valence-corrected chi connectivity index (χ2v) is 6.88. The summed E-state index contributed by atoms with van der Waals surface area (Å²) in [5.74, 6) is 1.89. The molecule has 1 aromatic rings. The third-order valence-electron chi connectivity index (χ3n) is 5.30. The second kappa shape index (κ2) is 8.57. The molecule has 1 atom stereocenters. The number of rotatable bonds is 8. The van der Waals surface area contributed by atoms with Gasteiger partial charge in [-0.05, 0) is 50.1 Å². The lowest BCUT2D eigenvalue weighted by Crippen LogP contribution is -2.36. The van der Waals surface area contributed by atoms with E-state index in [1.165, 1.54) is 56.9 Å². The van der Waals surface area contributed by atoms with Gasteiger partial charge in [0.1, 0.15) is 0 Å². The first-order valence-corrected chi connectivity index (χ1v) is 8.87. The Morgan fingerprint density at radius 3 is 2.67 bits per heavy atom. The van der Waals surface area contributed by atoms with E-state index in [1.54, 1.807) is 0 Å². The maximum absolute atomic E-state index is 4.27. The largest absolute Gasteiger partial charge is 0.317 e. The summed E-state index contributed by atoms with van der Waals surface area (Å²) in [5.41, 5.74) is 1.37. The Balaban J connectivity index is 1.74. The van der Waals surface area contributed by atoms with E-state index in [2.05, 4.69) is 30.6 Å². The maximum atomic E-state index is 4.27. The van der Waals surface area contributed by atoms with Gasteiger partial charge in [0.15, 0.2) is 0 Å². The van der Waals surface area contributed by atoms with Crippen molar-refractivity contribution in [2.45, 2.75) is 70.8 Å². The number of hydrogen-bond donors (Lipinski definition) is 1. The van der Waals surface area contributed by atoms with Gasteiger partial charge in [-0.15, -0.1) is 0 Å². The molecular formula is C18H33N3. The molecule has 1 aliphatic rings. The monoisotopic (exact) mass is 291 g/mol. The third kappa shape index (κ3) is 5.14. The average molecular weight is 291 g/mol. The van der Waals surface area contributed by atoms with Gasteiger partial charge >= 0.3 is 0 Å². The lowest BCUT2D eigenvalue weighted by atomic mass is 9.76. The van der Waals surface area contributed by atoms with Gasteiger partial charge in [-0.1, -0.05) is 39.0 Å². The standard InChI is InChI=1S/C18H33N3/c1-4-5-6-15-7-10-17(11-8-15)18(19-2)12-9-16-13-20-21(3)14-16/h13-15,17-19H,4-12H2,1-3H3. The van der Waals surface area contributed by atoms with Gasteiger partial charge in [0, 0.05) is 19.3 Å². The van der Waals surface area contributed by atoms with E-state index < -0.39 is 0 Å². The molecule has 1 fully saturated rings. The molecule has 1 heterocycles. The zero-order chi connectivity index (χ0) is 15.1. The Morgan fingerprint density at radius 2 is 2.10 bits per heavy atom. The summed E-state index contributed by atoms with van der Waals surface area (Å²) < 4.78 is 1.91. The molecular weight excluding hydrogens is 258 g/mol. The van der Waals surface area contributed by atoms with Gasteiger partial charge in [0.2, 0.25) is 0 Å². The summed E-state index contributed by atoms with van der Waals surface area (Å²) in [7, 11) is 4.13. The van der Waals surface area contributed by atoms with Crippen molar-refractivity contribution in [3.63, 3.8) is 0 Å². The number of nitrogens with one attached hydrogen (secondary N) is 1. The molecule has 0 aromatic carbocycles. The van der Waals surface area contributed by atoms with E-state index in [4.69, 9.17) is 0 Å². The van der Waals surface area contributed by atoms with Crippen molar-refractivity contribution in [1.29, 1.82) is 0 Å². The normalized spacial score (nSPS) is 24.1. The quantitative estimate of drug-likeness (QED) is 0.786. The van der Waals surface area contributed by atoms with Crippen molar-refractivity contribution >= 4 is 0 Å². The van der Waals surface area contributed by atoms with Crippen LogP contribution in [0.4, 0.5) is 0 Å². The highest BCUT2D eigenvalue weighted by atomic mass is 15.2. The fraction of sp³-hybridized carbons (Fsp3) is 0.833. The summed E-state index contributed by atoms with van der Waals surface area (Å²) >= 11 is 0. The van der Waals surface area contributed by atoms with Crippen LogP contribution in [0.2, 0.25) is 0 Å². The average Bonchev–Trinajstić information content (AvgIpc) is 2.92. The highest BCUT2D eigenvalue weighted by Gasteiger charge is 2.26. The molecule has 0 aliphatic heterocycles. The Bertz CT molecular complexity index is 391. The van der Waals surface area contributed by atoms with Crippen molar-refractivity contribution in [2.24, 2.45) is 18.9 Å². The molecule has 0 radical (unpaired) electrons. The number of nitrogens with zero attached hydrogens (tertiary/aromatic N) is 2. The van der Waals surface area contributed by atoms with E-state index in [0.29, 0.717) is 6.04 Å². The number of unbranched alkanes of at least 4 members (excludes halogenated alkanes) is 1. The highest BCUT2D eigenvalue weighted by molar-refractivity contribution is 5.04. The Labute approximate surface area is 130 Å². The molecule has 3 nitrogen and oxygen atoms in total. The van der Waals surface area contributed by atoms with Crippen molar-refractivity contribution in [3.8, 4) is 0 Å². The van der Waals surface area contributed by atoms with Gasteiger partial charge in [0.25, 0.3) is 0 Å². The predicted molar refractivity (Wildman–Crippen MR) is 89.3 cm³/mol. The molecule has 1 aromatic heterocycles. The van der Waals surface area contributed by atoms with Crippen molar-refractivity contribution in [2.75, 3.05) is 7.05 Å². The molecule has 21 heavy (non-hydrogen) atoms. The molecule has 120 valence electrons. The molecule has 0 spiro atoms. The minimum Gasteiger partial charge on any atom is -0.317 e. The lowest BCUT2D eigenvalue weighted by Gasteiger charge is -2.34. The van der Waals surface area contributed by atoms with E-state index in [1.807, 2.05) is 17.9 Å². The molecule has 1 aliphatic carbocycles. The third-order valence-corrected chi connectivity index (χ3v) is 5.30. The molecule has 0 bridgehead atoms. The summed E-state index contributed by atoms with van der Waals surface area (Å²) in [5, 5.41) is 7.85. The molecule has 0 saturated heterocycles. The predicted octanol–water partition coefficient (Wildman–Crippen LogP) is 3.94. The van der Waals surface area contributed by atoms with Crippen LogP contribution >= 0.6 is 0 Å². The van der Waals surface area contributed by atoms with Crippen LogP contribution in [-0.2, 0) is 13.5 Å². The van der Waals surface area contributed by atoms with Gasteiger partial charge < -0.3 is 5.32 Å². The van der Waals surface area contributed by atoms with Crippen LogP contribution in [0.5, 0.6) is 0 Å². The Kier molecular flexibility index (Phi) is 6.75. The molecule has 1 saturated carbocycles. The van der Waals surface area contributed by atoms with Crippen LogP contribution in [-0.4, -0.2) is 22.9 Å². The zero-order valence-electron chi connectivity index (χ0n) is 14.1. The van der Waals surface area contributed by atoms with E-state index in [9.17, 15) is 0 Å². The smallest absolute Gasteiger partial charge is 0.0521 e.